The zero-order valence-electron chi connectivity index (χ0n) is 9.93. The van der Waals surface area contributed by atoms with E-state index in [-0.39, 0.29) is 6.10 Å². The first kappa shape index (κ1) is 10.6. The number of imidazole rings is 1. The van der Waals surface area contributed by atoms with Gasteiger partial charge in [-0.1, -0.05) is 0 Å². The number of hydrogen-bond donors (Lipinski definition) is 0. The zero-order valence-corrected chi connectivity index (χ0v) is 9.93. The van der Waals surface area contributed by atoms with Crippen LogP contribution in [-0.2, 0) is 4.74 Å². The molecule has 1 unspecified atom stereocenters. The van der Waals surface area contributed by atoms with E-state index >= 15 is 0 Å². The fourth-order valence-corrected chi connectivity index (χ4v) is 2.31. The Kier molecular flexibility index (Phi) is 2.73. The van der Waals surface area contributed by atoms with E-state index in [2.05, 4.69) is 9.38 Å². The molecule has 0 radical (unpaired) electrons. The quantitative estimate of drug-likeness (QED) is 0.798. The zero-order chi connectivity index (χ0) is 11.7. The maximum atomic E-state index is 5.77. The van der Waals surface area contributed by atoms with Crippen LogP contribution in [0, 0.1) is 0 Å². The first-order valence-electron chi connectivity index (χ1n) is 6.01. The molecule has 0 bridgehead atoms. The van der Waals surface area contributed by atoms with Gasteiger partial charge >= 0.3 is 0 Å². The molecule has 1 atom stereocenters. The molecule has 0 spiro atoms. The predicted molar refractivity (Wildman–Crippen MR) is 64.3 cm³/mol. The van der Waals surface area contributed by atoms with Crippen LogP contribution in [0.15, 0.2) is 24.5 Å². The topological polar surface area (TPSA) is 35.8 Å². The van der Waals surface area contributed by atoms with Crippen molar-refractivity contribution in [2.45, 2.75) is 25.4 Å². The summed E-state index contributed by atoms with van der Waals surface area (Å²) in [6.07, 6.45) is 7.44. The predicted octanol–water partition coefficient (Wildman–Crippen LogP) is 2.58. The van der Waals surface area contributed by atoms with Crippen molar-refractivity contribution < 1.29 is 9.47 Å². The summed E-state index contributed by atoms with van der Waals surface area (Å²) in [5.74, 6) is 1.86. The van der Waals surface area contributed by atoms with Crippen molar-refractivity contribution in [3.05, 3.63) is 30.4 Å². The smallest absolute Gasteiger partial charge is 0.142 e. The van der Waals surface area contributed by atoms with Crippen LogP contribution >= 0.6 is 0 Å². The monoisotopic (exact) mass is 232 g/mol. The van der Waals surface area contributed by atoms with Crippen LogP contribution in [0.25, 0.3) is 5.52 Å². The van der Waals surface area contributed by atoms with E-state index in [9.17, 15) is 0 Å². The third-order valence-electron chi connectivity index (χ3n) is 3.24. The lowest BCUT2D eigenvalue weighted by Crippen LogP contribution is -2.14. The minimum Gasteiger partial charge on any atom is -0.497 e. The van der Waals surface area contributed by atoms with Crippen LogP contribution in [0.3, 0.4) is 0 Å². The molecule has 1 fully saturated rings. The van der Waals surface area contributed by atoms with Crippen molar-refractivity contribution in [3.63, 3.8) is 0 Å². The first-order valence-corrected chi connectivity index (χ1v) is 6.01. The number of aromatic nitrogens is 2. The van der Waals surface area contributed by atoms with Crippen LogP contribution in [-0.4, -0.2) is 23.1 Å². The lowest BCUT2D eigenvalue weighted by atomic mass is 10.1. The number of fused-ring (bicyclic) bond motifs is 1. The van der Waals surface area contributed by atoms with Crippen LogP contribution in [0.5, 0.6) is 5.75 Å². The maximum Gasteiger partial charge on any atom is 0.142 e. The normalized spacial score (nSPS) is 20.6. The molecule has 4 heteroatoms. The average Bonchev–Trinajstić information content (AvgIpc) is 2.82. The van der Waals surface area contributed by atoms with Crippen molar-refractivity contribution in [1.82, 2.24) is 9.38 Å². The van der Waals surface area contributed by atoms with E-state index in [4.69, 9.17) is 9.47 Å². The highest BCUT2D eigenvalue weighted by atomic mass is 16.5. The third-order valence-corrected chi connectivity index (χ3v) is 3.24. The summed E-state index contributed by atoms with van der Waals surface area (Å²) >= 11 is 0. The van der Waals surface area contributed by atoms with E-state index < -0.39 is 0 Å². The molecule has 3 heterocycles. The second kappa shape index (κ2) is 4.37. The molecule has 0 amide bonds. The number of hydrogen-bond acceptors (Lipinski definition) is 3. The lowest BCUT2D eigenvalue weighted by Gasteiger charge is -2.21. The Bertz CT molecular complexity index is 515. The standard InChI is InChI=1S/C13H16N2O2/c1-16-11-5-6-15-10(8-11)9-14-13(15)12-4-2-3-7-17-12/h5-6,8-9,12H,2-4,7H2,1H3. The molecule has 0 saturated carbocycles. The van der Waals surface area contributed by atoms with Crippen LogP contribution in [0.2, 0.25) is 0 Å². The van der Waals surface area contributed by atoms with E-state index in [0.717, 1.165) is 36.5 Å². The molecule has 17 heavy (non-hydrogen) atoms. The fraction of sp³-hybridized carbons (Fsp3) is 0.462. The van der Waals surface area contributed by atoms with Gasteiger partial charge in [0.15, 0.2) is 0 Å². The number of methoxy groups -OCH3 is 1. The van der Waals surface area contributed by atoms with Gasteiger partial charge in [-0.25, -0.2) is 4.98 Å². The van der Waals surface area contributed by atoms with Gasteiger partial charge in [0.05, 0.1) is 18.8 Å². The molecular formula is C13H16N2O2. The summed E-state index contributed by atoms with van der Waals surface area (Å²) in [5.41, 5.74) is 1.05. The van der Waals surface area contributed by atoms with Gasteiger partial charge in [0.2, 0.25) is 0 Å². The van der Waals surface area contributed by atoms with Gasteiger partial charge in [-0.15, -0.1) is 0 Å². The first-order chi connectivity index (χ1) is 8.38. The molecule has 4 nitrogen and oxygen atoms in total. The summed E-state index contributed by atoms with van der Waals surface area (Å²) < 4.78 is 13.1. The van der Waals surface area contributed by atoms with Gasteiger partial charge in [-0.2, -0.15) is 0 Å². The number of ether oxygens (including phenoxy) is 2. The van der Waals surface area contributed by atoms with Gasteiger partial charge in [0, 0.05) is 18.9 Å². The van der Waals surface area contributed by atoms with Gasteiger partial charge in [0.1, 0.15) is 17.7 Å². The van der Waals surface area contributed by atoms with E-state index in [0.29, 0.717) is 0 Å². The Morgan fingerprint density at radius 2 is 2.41 bits per heavy atom. The Balaban J connectivity index is 1.99. The summed E-state index contributed by atoms with van der Waals surface area (Å²) in [4.78, 5) is 4.48. The van der Waals surface area contributed by atoms with E-state index in [1.54, 1.807) is 7.11 Å². The fourth-order valence-electron chi connectivity index (χ4n) is 2.31. The van der Waals surface area contributed by atoms with Crippen LogP contribution in [0.4, 0.5) is 0 Å². The summed E-state index contributed by atoms with van der Waals surface area (Å²) in [6, 6.07) is 3.93. The molecule has 2 aromatic rings. The van der Waals surface area contributed by atoms with Crippen molar-refractivity contribution in [3.8, 4) is 5.75 Å². The maximum absolute atomic E-state index is 5.77. The molecule has 1 aliphatic rings. The highest BCUT2D eigenvalue weighted by molar-refractivity contribution is 5.50. The summed E-state index contributed by atoms with van der Waals surface area (Å²) in [7, 11) is 1.67. The highest BCUT2D eigenvalue weighted by Crippen LogP contribution is 2.28. The Hall–Kier alpha value is -1.55. The number of pyridine rings is 1. The Morgan fingerprint density at radius 3 is 3.18 bits per heavy atom. The van der Waals surface area contributed by atoms with Gasteiger partial charge in [-0.05, 0) is 25.3 Å². The SMILES string of the molecule is COc1ccn2c(C3CCCCO3)ncc2c1. The largest absolute Gasteiger partial charge is 0.497 e. The molecule has 1 saturated heterocycles. The molecule has 2 aromatic heterocycles. The third kappa shape index (κ3) is 1.89. The second-order valence-electron chi connectivity index (χ2n) is 4.33. The van der Waals surface area contributed by atoms with Crippen molar-refractivity contribution in [2.75, 3.05) is 13.7 Å². The molecule has 3 rings (SSSR count). The van der Waals surface area contributed by atoms with Crippen molar-refractivity contribution >= 4 is 5.52 Å². The van der Waals surface area contributed by atoms with Gasteiger partial charge in [-0.3, -0.25) is 0 Å². The van der Waals surface area contributed by atoms with Crippen molar-refractivity contribution in [1.29, 1.82) is 0 Å². The summed E-state index contributed by atoms with van der Waals surface area (Å²) in [6.45, 7) is 0.843. The van der Waals surface area contributed by atoms with Crippen LogP contribution < -0.4 is 4.74 Å². The molecule has 1 aliphatic heterocycles. The average molecular weight is 232 g/mol. The van der Waals surface area contributed by atoms with Crippen LogP contribution in [0.1, 0.15) is 31.2 Å². The lowest BCUT2D eigenvalue weighted by molar-refractivity contribution is 0.00915. The molecular weight excluding hydrogens is 216 g/mol. The summed E-state index contributed by atoms with van der Waals surface area (Å²) in [5, 5.41) is 0. The van der Waals surface area contributed by atoms with E-state index in [1.165, 1.54) is 6.42 Å². The number of nitrogens with zero attached hydrogens (tertiary/aromatic N) is 2. The number of rotatable bonds is 2. The second-order valence-corrected chi connectivity index (χ2v) is 4.33. The van der Waals surface area contributed by atoms with E-state index in [1.807, 2.05) is 24.5 Å². The Morgan fingerprint density at radius 1 is 1.47 bits per heavy atom. The molecule has 0 aromatic carbocycles. The minimum absolute atomic E-state index is 0.139. The Labute approximate surface area is 100 Å². The van der Waals surface area contributed by atoms with Gasteiger partial charge < -0.3 is 13.9 Å². The van der Waals surface area contributed by atoms with Gasteiger partial charge in [0.25, 0.3) is 0 Å². The van der Waals surface area contributed by atoms with Crippen molar-refractivity contribution in [2.24, 2.45) is 0 Å². The molecule has 90 valence electrons. The minimum atomic E-state index is 0.139. The molecule has 0 N–H and O–H groups in total. The highest BCUT2D eigenvalue weighted by Gasteiger charge is 2.20. The molecule has 0 aliphatic carbocycles.